The highest BCUT2D eigenvalue weighted by Gasteiger charge is 2.48. The van der Waals surface area contributed by atoms with Gasteiger partial charge in [0.05, 0.1) is 4.91 Å². The Morgan fingerprint density at radius 1 is 1.18 bits per heavy atom. The Hall–Kier alpha value is -1.60. The molecule has 7 heteroatoms. The normalized spacial score (nSPS) is 25.7. The van der Waals surface area contributed by atoms with E-state index in [4.69, 9.17) is 28.9 Å². The number of aliphatic hydroxyl groups is 1. The van der Waals surface area contributed by atoms with Crippen molar-refractivity contribution in [2.24, 2.45) is 11.8 Å². The zero-order valence-electron chi connectivity index (χ0n) is 18.6. The zero-order valence-corrected chi connectivity index (χ0v) is 20.9. The Morgan fingerprint density at radius 3 is 2.70 bits per heavy atom. The van der Waals surface area contributed by atoms with E-state index in [1.807, 2.05) is 35.2 Å². The highest BCUT2D eigenvalue weighted by Crippen LogP contribution is 2.49. The highest BCUT2D eigenvalue weighted by atomic mass is 35.5. The number of fused-ring (bicyclic) bond motifs is 2. The van der Waals surface area contributed by atoms with Crippen LogP contribution in [-0.2, 0) is 11.2 Å². The molecule has 2 aromatic rings. The summed E-state index contributed by atoms with van der Waals surface area (Å²) in [5.41, 5.74) is 4.23. The molecule has 0 spiro atoms. The van der Waals surface area contributed by atoms with Gasteiger partial charge in [-0.15, -0.1) is 0 Å². The van der Waals surface area contributed by atoms with E-state index in [-0.39, 0.29) is 18.6 Å². The van der Waals surface area contributed by atoms with Gasteiger partial charge in [-0.2, -0.15) is 0 Å². The number of nitrogens with one attached hydrogen (secondary N) is 1. The molecule has 3 unspecified atom stereocenters. The van der Waals surface area contributed by atoms with Crippen LogP contribution >= 0.6 is 35.6 Å². The molecule has 1 aromatic heterocycles. The third kappa shape index (κ3) is 4.81. The monoisotopic (exact) mass is 500 g/mol. The second kappa shape index (κ2) is 9.95. The van der Waals surface area contributed by atoms with Crippen LogP contribution in [0.2, 0.25) is 5.02 Å². The van der Waals surface area contributed by atoms with Gasteiger partial charge in [0.15, 0.2) is 0 Å². The van der Waals surface area contributed by atoms with Gasteiger partial charge in [-0.1, -0.05) is 60.6 Å². The topological polar surface area (TPSA) is 56.3 Å². The number of nitrogens with zero attached hydrogens (tertiary/aromatic N) is 1. The first-order valence-corrected chi connectivity index (χ1v) is 13.5. The van der Waals surface area contributed by atoms with Gasteiger partial charge in [-0.05, 0) is 85.8 Å². The fraction of sp³-hybridized carbons (Fsp3) is 0.462. The first-order valence-electron chi connectivity index (χ1n) is 11.9. The molecule has 4 nitrogen and oxygen atoms in total. The van der Waals surface area contributed by atoms with Crippen molar-refractivity contribution in [2.45, 2.75) is 57.4 Å². The van der Waals surface area contributed by atoms with Gasteiger partial charge in [-0.25, -0.2) is 0 Å². The van der Waals surface area contributed by atoms with Crippen LogP contribution in [0.5, 0.6) is 0 Å². The van der Waals surface area contributed by atoms with Crippen molar-refractivity contribution in [2.75, 3.05) is 6.61 Å². The molecular formula is C26H29ClN2O2S2. The summed E-state index contributed by atoms with van der Waals surface area (Å²) in [6.45, 7) is 0.224. The molecule has 1 saturated heterocycles. The van der Waals surface area contributed by atoms with Crippen molar-refractivity contribution < 1.29 is 9.90 Å². The largest absolute Gasteiger partial charge is 0.396 e. The van der Waals surface area contributed by atoms with Gasteiger partial charge in [0.2, 0.25) is 0 Å². The maximum Gasteiger partial charge on any atom is 0.266 e. The van der Waals surface area contributed by atoms with Crippen LogP contribution in [0.3, 0.4) is 0 Å². The molecule has 3 aliphatic rings. The Bertz CT molecular complexity index is 1080. The van der Waals surface area contributed by atoms with E-state index in [1.165, 1.54) is 36.6 Å². The number of halogens is 1. The molecule has 3 fully saturated rings. The maximum absolute atomic E-state index is 13.4. The summed E-state index contributed by atoms with van der Waals surface area (Å²) in [6, 6.07) is 10.2. The van der Waals surface area contributed by atoms with E-state index >= 15 is 0 Å². The minimum Gasteiger partial charge on any atom is -0.396 e. The summed E-state index contributed by atoms with van der Waals surface area (Å²) in [6.07, 6.45) is 10.5. The number of thioether (sulfide) groups is 1. The van der Waals surface area contributed by atoms with Crippen molar-refractivity contribution in [3.63, 3.8) is 0 Å². The van der Waals surface area contributed by atoms with E-state index in [1.54, 1.807) is 0 Å². The lowest BCUT2D eigenvalue weighted by Gasteiger charge is -2.30. The average molecular weight is 501 g/mol. The number of unbranched alkanes of at least 4 members (excludes halogenated alkanes) is 2. The molecule has 1 aromatic carbocycles. The van der Waals surface area contributed by atoms with E-state index in [0.29, 0.717) is 20.2 Å². The lowest BCUT2D eigenvalue weighted by molar-refractivity contribution is -0.124. The number of hydrogen-bond acceptors (Lipinski definition) is 4. The van der Waals surface area contributed by atoms with Crippen LogP contribution in [0.25, 0.3) is 17.3 Å². The van der Waals surface area contributed by atoms with Crippen LogP contribution in [0.4, 0.5) is 0 Å². The number of aryl methyl sites for hydroxylation is 1. The Balaban J connectivity index is 1.41. The number of aromatic amines is 1. The SMILES string of the molecule is O=C1C(=Cc2[nH]c(-c3ccc(Cl)cc3)cc2CCCCCO)SC(=S)N1C1CC2CCC1C2. The van der Waals surface area contributed by atoms with E-state index in [9.17, 15) is 4.79 Å². The number of thiocarbonyl (C=S) groups is 1. The Morgan fingerprint density at radius 2 is 2.00 bits per heavy atom. The smallest absolute Gasteiger partial charge is 0.266 e. The maximum atomic E-state index is 13.4. The van der Waals surface area contributed by atoms with E-state index in [0.717, 1.165) is 55.0 Å². The van der Waals surface area contributed by atoms with Crippen LogP contribution in [0.1, 0.15) is 56.2 Å². The van der Waals surface area contributed by atoms with Gasteiger partial charge >= 0.3 is 0 Å². The van der Waals surface area contributed by atoms with Crippen molar-refractivity contribution >= 4 is 51.9 Å². The van der Waals surface area contributed by atoms with Crippen molar-refractivity contribution in [3.05, 3.63) is 51.5 Å². The fourth-order valence-corrected chi connectivity index (χ4v) is 7.14. The summed E-state index contributed by atoms with van der Waals surface area (Å²) in [7, 11) is 0. The van der Waals surface area contributed by atoms with Gasteiger partial charge in [-0.3, -0.25) is 9.69 Å². The highest BCUT2D eigenvalue weighted by molar-refractivity contribution is 8.26. The molecule has 174 valence electrons. The van der Waals surface area contributed by atoms with Crippen molar-refractivity contribution in [1.29, 1.82) is 0 Å². The number of hydrogen-bond donors (Lipinski definition) is 2. The minimum atomic E-state index is 0.0661. The van der Waals surface area contributed by atoms with Gasteiger partial charge in [0, 0.05) is 29.1 Å². The summed E-state index contributed by atoms with van der Waals surface area (Å²) in [5, 5.41) is 9.81. The number of H-pyrrole nitrogens is 1. The number of benzene rings is 1. The molecule has 3 atom stereocenters. The molecule has 2 heterocycles. The molecular weight excluding hydrogens is 472 g/mol. The number of carbonyl (C=O) groups is 1. The Labute approximate surface area is 209 Å². The number of carbonyl (C=O) groups excluding carboxylic acids is 1. The Kier molecular flexibility index (Phi) is 6.98. The van der Waals surface area contributed by atoms with Crippen molar-refractivity contribution in [3.8, 4) is 11.3 Å². The predicted molar refractivity (Wildman–Crippen MR) is 140 cm³/mol. The summed E-state index contributed by atoms with van der Waals surface area (Å²) in [4.78, 5) is 19.6. The molecule has 2 N–H and O–H groups in total. The molecule has 33 heavy (non-hydrogen) atoms. The van der Waals surface area contributed by atoms with Crippen molar-refractivity contribution in [1.82, 2.24) is 9.88 Å². The van der Waals surface area contributed by atoms with E-state index in [2.05, 4.69) is 11.1 Å². The molecule has 2 bridgehead atoms. The third-order valence-electron chi connectivity index (χ3n) is 7.32. The third-order valence-corrected chi connectivity index (χ3v) is 8.91. The summed E-state index contributed by atoms with van der Waals surface area (Å²) >= 11 is 13.2. The lowest BCUT2D eigenvalue weighted by atomic mass is 9.94. The van der Waals surface area contributed by atoms with Crippen LogP contribution in [-0.4, -0.2) is 37.9 Å². The first-order chi connectivity index (χ1) is 16.0. The van der Waals surface area contributed by atoms with Crippen LogP contribution < -0.4 is 0 Å². The lowest BCUT2D eigenvalue weighted by Crippen LogP contribution is -2.41. The van der Waals surface area contributed by atoms with E-state index < -0.39 is 0 Å². The van der Waals surface area contributed by atoms with Gasteiger partial charge < -0.3 is 10.1 Å². The molecule has 1 amide bonds. The van der Waals surface area contributed by atoms with Crippen LogP contribution in [0, 0.1) is 11.8 Å². The number of aliphatic hydroxyl groups excluding tert-OH is 1. The van der Waals surface area contributed by atoms with Gasteiger partial charge in [0.1, 0.15) is 4.32 Å². The minimum absolute atomic E-state index is 0.0661. The average Bonchev–Trinajstić information content (AvgIpc) is 3.57. The second-order valence-corrected chi connectivity index (χ2v) is 11.6. The zero-order chi connectivity index (χ0) is 22.9. The second-order valence-electron chi connectivity index (χ2n) is 9.46. The first kappa shape index (κ1) is 23.2. The number of amides is 1. The molecule has 2 saturated carbocycles. The number of aromatic nitrogens is 1. The predicted octanol–water partition coefficient (Wildman–Crippen LogP) is 6.43. The van der Waals surface area contributed by atoms with Crippen LogP contribution in [0.15, 0.2) is 35.2 Å². The quantitative estimate of drug-likeness (QED) is 0.249. The summed E-state index contributed by atoms with van der Waals surface area (Å²) in [5.74, 6) is 1.45. The molecule has 1 aliphatic heterocycles. The molecule has 0 radical (unpaired) electrons. The molecule has 5 rings (SSSR count). The fourth-order valence-electron chi connectivity index (χ4n) is 5.66. The summed E-state index contributed by atoms with van der Waals surface area (Å²) < 4.78 is 0.706. The molecule has 2 aliphatic carbocycles. The number of rotatable bonds is 8. The standard InChI is InChI=1S/C26H29ClN2O2S2/c27-20-9-7-17(8-10-20)21-14-18(4-2-1-3-11-30)22(28-21)15-24-25(31)29(26(32)33-24)23-13-16-5-6-19(23)12-16/h7-10,14-16,19,23,28,30H,1-6,11-13H2. The van der Waals surface area contributed by atoms with Gasteiger partial charge in [0.25, 0.3) is 5.91 Å².